The van der Waals surface area contributed by atoms with Crippen LogP contribution in [0.25, 0.3) is 0 Å². The van der Waals surface area contributed by atoms with Crippen LogP contribution < -0.4 is 5.32 Å². The highest BCUT2D eigenvalue weighted by molar-refractivity contribution is 5.79. The number of benzene rings is 1. The minimum Gasteiger partial charge on any atom is -0.355 e. The Morgan fingerprint density at radius 2 is 1.74 bits per heavy atom. The maximum Gasteiger partial charge on any atom is 0.223 e. The van der Waals surface area contributed by atoms with E-state index >= 15 is 0 Å². The summed E-state index contributed by atoms with van der Waals surface area (Å²) in [7, 11) is 0. The number of amides is 1. The molecule has 4 aliphatic rings. The molecule has 142 valence electrons. The molecule has 4 fully saturated rings. The van der Waals surface area contributed by atoms with E-state index in [1.54, 1.807) is 0 Å². The molecule has 0 saturated heterocycles. The number of rotatable bonds is 6. The molecule has 0 radical (unpaired) electrons. The van der Waals surface area contributed by atoms with Crippen molar-refractivity contribution >= 4 is 5.91 Å². The minimum absolute atomic E-state index is 0.280. The van der Waals surface area contributed by atoms with Crippen LogP contribution in [0.1, 0.15) is 43.5 Å². The molecule has 0 aliphatic heterocycles. The zero-order chi connectivity index (χ0) is 18.2. The molecule has 1 aromatic heterocycles. The molecule has 27 heavy (non-hydrogen) atoms. The standard InChI is InChI=1S/C23H29N3O/c27-23(22-19-11-17-10-18(13-19)14-20(22)12-17)25-7-6-21-24-8-9-26(21)15-16-4-2-1-3-5-16/h1-5,8-9,17-20,22H,6-7,10-15H2,(H,25,27). The van der Waals surface area contributed by atoms with Gasteiger partial charge in [0.2, 0.25) is 5.91 Å². The zero-order valence-electron chi connectivity index (χ0n) is 15.9. The lowest BCUT2D eigenvalue weighted by Crippen LogP contribution is -2.51. The molecule has 0 spiro atoms. The predicted molar refractivity (Wildman–Crippen MR) is 105 cm³/mol. The van der Waals surface area contributed by atoms with Gasteiger partial charge in [-0.05, 0) is 61.3 Å². The average molecular weight is 364 g/mol. The molecule has 4 bridgehead atoms. The van der Waals surface area contributed by atoms with E-state index in [1.165, 1.54) is 37.7 Å². The summed E-state index contributed by atoms with van der Waals surface area (Å²) in [5.41, 5.74) is 1.27. The Morgan fingerprint density at radius 1 is 1.04 bits per heavy atom. The van der Waals surface area contributed by atoms with E-state index in [9.17, 15) is 4.79 Å². The Labute approximate surface area is 161 Å². The van der Waals surface area contributed by atoms with Crippen molar-refractivity contribution in [3.8, 4) is 0 Å². The van der Waals surface area contributed by atoms with Crippen molar-refractivity contribution in [2.75, 3.05) is 6.54 Å². The van der Waals surface area contributed by atoms with E-state index in [-0.39, 0.29) is 5.92 Å². The first-order valence-electron chi connectivity index (χ1n) is 10.6. The zero-order valence-corrected chi connectivity index (χ0v) is 15.9. The van der Waals surface area contributed by atoms with Crippen molar-refractivity contribution in [2.45, 2.75) is 45.1 Å². The van der Waals surface area contributed by atoms with Gasteiger partial charge >= 0.3 is 0 Å². The molecule has 2 aromatic rings. The summed E-state index contributed by atoms with van der Waals surface area (Å²) in [6.45, 7) is 1.52. The third kappa shape index (κ3) is 3.42. The van der Waals surface area contributed by atoms with Crippen LogP contribution in [0.4, 0.5) is 0 Å². The van der Waals surface area contributed by atoms with Crippen LogP contribution in [0.5, 0.6) is 0 Å². The van der Waals surface area contributed by atoms with Gasteiger partial charge in [-0.15, -0.1) is 0 Å². The van der Waals surface area contributed by atoms with E-state index in [1.807, 2.05) is 18.5 Å². The third-order valence-corrected chi connectivity index (χ3v) is 7.17. The molecule has 0 atom stereocenters. The fraction of sp³-hybridized carbons (Fsp3) is 0.565. The summed E-state index contributed by atoms with van der Waals surface area (Å²) >= 11 is 0. The van der Waals surface area contributed by atoms with Crippen LogP contribution >= 0.6 is 0 Å². The monoisotopic (exact) mass is 363 g/mol. The predicted octanol–water partition coefficient (Wildman–Crippen LogP) is 3.66. The largest absolute Gasteiger partial charge is 0.355 e. The second kappa shape index (κ2) is 7.14. The summed E-state index contributed by atoms with van der Waals surface area (Å²) in [6, 6.07) is 10.4. The maximum atomic E-state index is 12.9. The van der Waals surface area contributed by atoms with Crippen molar-refractivity contribution in [3.05, 3.63) is 54.1 Å². The van der Waals surface area contributed by atoms with E-state index in [0.29, 0.717) is 24.3 Å². The van der Waals surface area contributed by atoms with E-state index in [0.717, 1.165) is 30.6 Å². The number of aromatic nitrogens is 2. The molecule has 6 rings (SSSR count). The third-order valence-electron chi connectivity index (χ3n) is 7.17. The second-order valence-corrected chi connectivity index (χ2v) is 8.95. The highest BCUT2D eigenvalue weighted by Gasteiger charge is 2.50. The van der Waals surface area contributed by atoms with Gasteiger partial charge in [0.05, 0.1) is 0 Å². The molecule has 0 unspecified atom stereocenters. The fourth-order valence-electron chi connectivity index (χ4n) is 6.26. The van der Waals surface area contributed by atoms with Gasteiger partial charge in [-0.25, -0.2) is 4.98 Å². The smallest absolute Gasteiger partial charge is 0.223 e. The number of nitrogens with one attached hydrogen (secondary N) is 1. The maximum absolute atomic E-state index is 12.9. The van der Waals surface area contributed by atoms with Gasteiger partial charge in [0, 0.05) is 37.8 Å². The molecule has 1 amide bonds. The van der Waals surface area contributed by atoms with Gasteiger partial charge in [-0.2, -0.15) is 0 Å². The van der Waals surface area contributed by atoms with Crippen LogP contribution in [-0.4, -0.2) is 22.0 Å². The second-order valence-electron chi connectivity index (χ2n) is 8.95. The Bertz CT molecular complexity index is 769. The molecule has 1 heterocycles. The first-order valence-corrected chi connectivity index (χ1v) is 10.6. The Hall–Kier alpha value is -2.10. The SMILES string of the molecule is O=C(NCCc1nccn1Cc1ccccc1)C1C2CC3CC(C2)CC1C3. The van der Waals surface area contributed by atoms with Crippen molar-refractivity contribution < 1.29 is 4.79 Å². The van der Waals surface area contributed by atoms with Crippen molar-refractivity contribution in [1.29, 1.82) is 0 Å². The lowest BCUT2D eigenvalue weighted by atomic mass is 9.51. The normalized spacial score (nSPS) is 31.2. The van der Waals surface area contributed by atoms with E-state index in [4.69, 9.17) is 0 Å². The van der Waals surface area contributed by atoms with Crippen molar-refractivity contribution in [3.63, 3.8) is 0 Å². The quantitative estimate of drug-likeness (QED) is 0.851. The van der Waals surface area contributed by atoms with Crippen LogP contribution in [0.15, 0.2) is 42.7 Å². The molecule has 4 nitrogen and oxygen atoms in total. The van der Waals surface area contributed by atoms with Gasteiger partial charge in [-0.3, -0.25) is 4.79 Å². The highest BCUT2D eigenvalue weighted by atomic mass is 16.1. The number of hydrogen-bond donors (Lipinski definition) is 1. The van der Waals surface area contributed by atoms with Crippen molar-refractivity contribution in [2.24, 2.45) is 29.6 Å². The van der Waals surface area contributed by atoms with Gasteiger partial charge in [0.1, 0.15) is 5.82 Å². The Balaban J connectivity index is 1.16. The summed E-state index contributed by atoms with van der Waals surface area (Å²) in [5, 5.41) is 3.25. The molecule has 4 aliphatic carbocycles. The first-order chi connectivity index (χ1) is 13.3. The Morgan fingerprint density at radius 3 is 2.44 bits per heavy atom. The minimum atomic E-state index is 0.280. The summed E-state index contributed by atoms with van der Waals surface area (Å²) < 4.78 is 2.18. The summed E-state index contributed by atoms with van der Waals surface area (Å²) in [6.07, 6.45) is 11.3. The van der Waals surface area contributed by atoms with Crippen LogP contribution in [-0.2, 0) is 17.8 Å². The van der Waals surface area contributed by atoms with E-state index in [2.05, 4.69) is 39.1 Å². The highest BCUT2D eigenvalue weighted by Crippen LogP contribution is 2.56. The molecular weight excluding hydrogens is 334 g/mol. The lowest BCUT2D eigenvalue weighted by molar-refractivity contribution is -0.138. The fourth-order valence-corrected chi connectivity index (χ4v) is 6.26. The van der Waals surface area contributed by atoms with Gasteiger partial charge in [0.15, 0.2) is 0 Å². The van der Waals surface area contributed by atoms with Gasteiger partial charge in [-0.1, -0.05) is 30.3 Å². The molecule has 4 heteroatoms. The van der Waals surface area contributed by atoms with Gasteiger partial charge < -0.3 is 9.88 Å². The number of nitrogens with zero attached hydrogens (tertiary/aromatic N) is 2. The lowest BCUT2D eigenvalue weighted by Gasteiger charge is -2.53. The molecule has 1 aromatic carbocycles. The molecule has 4 saturated carbocycles. The Kier molecular flexibility index (Phi) is 4.50. The van der Waals surface area contributed by atoms with Crippen molar-refractivity contribution in [1.82, 2.24) is 14.9 Å². The number of hydrogen-bond acceptors (Lipinski definition) is 2. The van der Waals surface area contributed by atoms with Crippen LogP contribution in [0.2, 0.25) is 0 Å². The van der Waals surface area contributed by atoms with Crippen LogP contribution in [0, 0.1) is 29.6 Å². The number of imidazole rings is 1. The summed E-state index contributed by atoms with van der Waals surface area (Å²) in [5.74, 6) is 4.78. The summed E-state index contributed by atoms with van der Waals surface area (Å²) in [4.78, 5) is 17.4. The average Bonchev–Trinajstić information content (AvgIpc) is 3.09. The number of carbonyl (C=O) groups excluding carboxylic acids is 1. The van der Waals surface area contributed by atoms with E-state index < -0.39 is 0 Å². The topological polar surface area (TPSA) is 46.9 Å². The molecule has 1 N–H and O–H groups in total. The molecular formula is C23H29N3O. The van der Waals surface area contributed by atoms with Crippen LogP contribution in [0.3, 0.4) is 0 Å². The number of carbonyl (C=O) groups is 1. The van der Waals surface area contributed by atoms with Gasteiger partial charge in [0.25, 0.3) is 0 Å². The first kappa shape index (κ1) is 17.0.